The standard InChI is InChI=1S/C10H8P.2ClH.Zr/c1-2-5-9(6-3-1)10-7-4-8-11-10;;;/h1-8H;2*1H;/q-1;;;. The Kier molecular flexibility index (Phi) is 10.5. The van der Waals surface area contributed by atoms with Crippen LogP contribution in [-0.4, -0.2) is 0 Å². The Morgan fingerprint density at radius 2 is 1.57 bits per heavy atom. The maximum atomic E-state index is 2.16. The third kappa shape index (κ3) is 4.32. The van der Waals surface area contributed by atoms with Crippen LogP contribution in [0.3, 0.4) is 0 Å². The van der Waals surface area contributed by atoms with E-state index in [0.717, 1.165) is 0 Å². The van der Waals surface area contributed by atoms with Crippen molar-refractivity contribution in [2.24, 2.45) is 0 Å². The number of benzene rings is 1. The maximum absolute atomic E-state index is 2.16. The summed E-state index contributed by atoms with van der Waals surface area (Å²) < 4.78 is 0. The molecule has 0 unspecified atom stereocenters. The second-order valence-electron chi connectivity index (χ2n) is 2.39. The van der Waals surface area contributed by atoms with Crippen molar-refractivity contribution in [1.82, 2.24) is 0 Å². The van der Waals surface area contributed by atoms with Crippen LogP contribution < -0.4 is 0 Å². The molecule has 14 heavy (non-hydrogen) atoms. The Hall–Kier alpha value is 0.463. The van der Waals surface area contributed by atoms with Gasteiger partial charge in [0, 0.05) is 26.2 Å². The molecule has 0 amide bonds. The van der Waals surface area contributed by atoms with Crippen LogP contribution in [0.1, 0.15) is 0 Å². The van der Waals surface area contributed by atoms with E-state index in [9.17, 15) is 0 Å². The van der Waals surface area contributed by atoms with Crippen LogP contribution in [-0.2, 0) is 26.2 Å². The molecule has 2 rings (SSSR count). The topological polar surface area (TPSA) is 0 Å². The van der Waals surface area contributed by atoms with Gasteiger partial charge in [-0.1, -0.05) is 23.5 Å². The van der Waals surface area contributed by atoms with Crippen LogP contribution in [0.5, 0.6) is 0 Å². The second kappa shape index (κ2) is 8.75. The van der Waals surface area contributed by atoms with Gasteiger partial charge in [-0.3, -0.25) is 0 Å². The minimum atomic E-state index is 0. The summed E-state index contributed by atoms with van der Waals surface area (Å²) in [6.45, 7) is 0. The zero-order valence-electron chi connectivity index (χ0n) is 7.38. The molecule has 0 saturated carbocycles. The largest absolute Gasteiger partial charge is 0.160 e. The molecule has 0 aliphatic heterocycles. The monoisotopic (exact) mass is 321 g/mol. The van der Waals surface area contributed by atoms with Crippen molar-refractivity contribution < 1.29 is 26.2 Å². The van der Waals surface area contributed by atoms with E-state index in [-0.39, 0.29) is 51.0 Å². The van der Waals surface area contributed by atoms with Crippen LogP contribution in [0.25, 0.3) is 10.9 Å². The Bertz CT molecular complexity index is 321. The third-order valence-electron chi connectivity index (χ3n) is 1.62. The zero-order chi connectivity index (χ0) is 7.52. The van der Waals surface area contributed by atoms with E-state index in [1.165, 1.54) is 19.1 Å². The summed E-state index contributed by atoms with van der Waals surface area (Å²) in [6, 6.07) is 14.7. The first-order valence-corrected chi connectivity index (χ1v) is 4.56. The van der Waals surface area contributed by atoms with Gasteiger partial charge in [0.25, 0.3) is 0 Å². The van der Waals surface area contributed by atoms with Crippen LogP contribution in [0.2, 0.25) is 0 Å². The molecule has 1 heterocycles. The average molecular weight is 323 g/mol. The van der Waals surface area contributed by atoms with Gasteiger partial charge in [0.2, 0.25) is 0 Å². The SMILES string of the molecule is Cl.Cl.[Zr].c1ccc(-[c-]2cccp2)cc1. The molecular formula is C10H10Cl2PZr-. The number of hydrogen-bond acceptors (Lipinski definition) is 0. The normalized spacial score (nSPS) is 8.29. The van der Waals surface area contributed by atoms with Gasteiger partial charge in [0.05, 0.1) is 0 Å². The molecule has 4 heteroatoms. The first-order chi connectivity index (χ1) is 5.47. The van der Waals surface area contributed by atoms with Crippen molar-refractivity contribution in [3.8, 4) is 10.9 Å². The molecule has 0 radical (unpaired) electrons. The van der Waals surface area contributed by atoms with E-state index >= 15 is 0 Å². The molecule has 0 bridgehead atoms. The molecule has 2 aromatic rings. The van der Waals surface area contributed by atoms with Crippen molar-refractivity contribution in [3.63, 3.8) is 0 Å². The fourth-order valence-electron chi connectivity index (χ4n) is 1.08. The predicted octanol–water partition coefficient (Wildman–Crippen LogP) is 4.49. The van der Waals surface area contributed by atoms with Gasteiger partial charge in [0.15, 0.2) is 0 Å². The Labute approximate surface area is 118 Å². The number of hydrogen-bond donors (Lipinski definition) is 0. The van der Waals surface area contributed by atoms with Crippen molar-refractivity contribution in [1.29, 1.82) is 0 Å². The van der Waals surface area contributed by atoms with E-state index in [0.29, 0.717) is 0 Å². The summed E-state index contributed by atoms with van der Waals surface area (Å²) in [5, 5.41) is 1.39. The average Bonchev–Trinajstić information content (AvgIpc) is 2.58. The van der Waals surface area contributed by atoms with Gasteiger partial charge >= 0.3 is 0 Å². The summed E-state index contributed by atoms with van der Waals surface area (Å²) in [7, 11) is 1.32. The molecule has 1 aromatic carbocycles. The van der Waals surface area contributed by atoms with E-state index in [1.54, 1.807) is 0 Å². The number of halogens is 2. The fourth-order valence-corrected chi connectivity index (χ4v) is 1.88. The molecule has 0 aliphatic carbocycles. The second-order valence-corrected chi connectivity index (χ2v) is 3.43. The van der Waals surface area contributed by atoms with Gasteiger partial charge in [0.1, 0.15) is 0 Å². The van der Waals surface area contributed by atoms with Gasteiger partial charge < -0.3 is 0 Å². The summed E-state index contributed by atoms with van der Waals surface area (Å²) in [5.74, 6) is 2.16. The fraction of sp³-hybridized carbons (Fsp3) is 0. The summed E-state index contributed by atoms with van der Waals surface area (Å²) in [5.41, 5.74) is 1.33. The van der Waals surface area contributed by atoms with Crippen molar-refractivity contribution in [3.05, 3.63) is 48.3 Å². The van der Waals surface area contributed by atoms with E-state index < -0.39 is 0 Å². The molecule has 0 nitrogen and oxygen atoms in total. The van der Waals surface area contributed by atoms with E-state index in [4.69, 9.17) is 0 Å². The quantitative estimate of drug-likeness (QED) is 0.678. The van der Waals surface area contributed by atoms with Crippen LogP contribution >= 0.6 is 33.0 Å². The minimum Gasteiger partial charge on any atom is -0.160 e. The van der Waals surface area contributed by atoms with E-state index in [1.807, 2.05) is 6.07 Å². The Balaban J connectivity index is 0. The first-order valence-electron chi connectivity index (χ1n) is 3.60. The summed E-state index contributed by atoms with van der Waals surface area (Å²) in [4.78, 5) is 0. The van der Waals surface area contributed by atoms with Gasteiger partial charge in [-0.05, 0) is 0 Å². The van der Waals surface area contributed by atoms with Crippen molar-refractivity contribution >= 4 is 33.0 Å². The van der Waals surface area contributed by atoms with Crippen LogP contribution in [0.15, 0.2) is 48.3 Å². The van der Waals surface area contributed by atoms with E-state index in [2.05, 4.69) is 42.2 Å². The summed E-state index contributed by atoms with van der Waals surface area (Å²) >= 11 is 0. The van der Waals surface area contributed by atoms with Gasteiger partial charge in [-0.15, -0.1) is 60.4 Å². The molecule has 1 aromatic heterocycles. The van der Waals surface area contributed by atoms with Crippen molar-refractivity contribution in [2.45, 2.75) is 0 Å². The predicted molar refractivity (Wildman–Crippen MR) is 64.5 cm³/mol. The van der Waals surface area contributed by atoms with Crippen LogP contribution in [0.4, 0.5) is 0 Å². The molecule has 0 spiro atoms. The minimum absolute atomic E-state index is 0. The van der Waals surface area contributed by atoms with Gasteiger partial charge in [-0.2, -0.15) is 8.19 Å². The number of rotatable bonds is 1. The molecule has 74 valence electrons. The first kappa shape index (κ1) is 16.9. The Morgan fingerprint density at radius 3 is 2.07 bits per heavy atom. The molecule has 0 aliphatic rings. The van der Waals surface area contributed by atoms with Crippen molar-refractivity contribution in [2.75, 3.05) is 0 Å². The molecular weight excluding hydrogens is 313 g/mol. The maximum Gasteiger partial charge on any atom is 0 e. The zero-order valence-corrected chi connectivity index (χ0v) is 12.4. The third-order valence-corrected chi connectivity index (χ3v) is 2.63. The Morgan fingerprint density at radius 1 is 0.929 bits per heavy atom. The molecule has 0 fully saturated rings. The smallest absolute Gasteiger partial charge is 0 e. The summed E-state index contributed by atoms with van der Waals surface area (Å²) in [6.07, 6.45) is 0. The molecule has 0 atom stereocenters. The van der Waals surface area contributed by atoms with Crippen LogP contribution in [0, 0.1) is 0 Å². The molecule has 0 saturated heterocycles. The van der Waals surface area contributed by atoms with Gasteiger partial charge in [-0.25, -0.2) is 0 Å². The molecule has 0 N–H and O–H groups in total.